The zero-order chi connectivity index (χ0) is 5.58. The maximum absolute atomic E-state index is 8.06. The van der Waals surface area contributed by atoms with Gasteiger partial charge in [0.15, 0.2) is 0 Å². The second-order valence-electron chi connectivity index (χ2n) is 1.09. The molecule has 0 radical (unpaired) electrons. The highest BCUT2D eigenvalue weighted by atomic mass is 16.3. The first kappa shape index (κ1) is 9.07. The zero-order valence-corrected chi connectivity index (χ0v) is 3.97. The second kappa shape index (κ2) is 8.82. The highest BCUT2D eigenvalue weighted by molar-refractivity contribution is 4.20. The number of aliphatic hydroxyl groups excluding tert-OH is 1. The summed E-state index contributed by atoms with van der Waals surface area (Å²) in [5.74, 6) is 0. The van der Waals surface area contributed by atoms with Crippen LogP contribution in [0.2, 0.25) is 0 Å². The van der Waals surface area contributed by atoms with E-state index >= 15 is 0 Å². The molecule has 0 rings (SSSR count). The quantitative estimate of drug-likeness (QED) is 0.436. The Morgan fingerprint density at radius 1 is 1.50 bits per heavy atom. The van der Waals surface area contributed by atoms with Crippen molar-refractivity contribution in [1.29, 1.82) is 5.26 Å². The van der Waals surface area contributed by atoms with Crippen LogP contribution in [0.3, 0.4) is 0 Å². The fourth-order valence-corrected chi connectivity index (χ4v) is 0. The van der Waals surface area contributed by atoms with Crippen LogP contribution in [-0.2, 0) is 0 Å². The van der Waals surface area contributed by atoms with Crippen molar-refractivity contribution in [2.75, 3.05) is 0 Å². The van der Waals surface area contributed by atoms with Gasteiger partial charge in [-0.3, -0.25) is 0 Å². The van der Waals surface area contributed by atoms with E-state index in [1.54, 1.807) is 13.8 Å². The van der Waals surface area contributed by atoms with Gasteiger partial charge in [-0.25, -0.2) is 0 Å². The molecule has 0 aliphatic carbocycles. The van der Waals surface area contributed by atoms with Gasteiger partial charge in [0.1, 0.15) is 0 Å². The first-order valence-corrected chi connectivity index (χ1v) is 1.64. The molecule has 0 fully saturated rings. The van der Waals surface area contributed by atoms with E-state index in [4.69, 9.17) is 16.9 Å². The van der Waals surface area contributed by atoms with Gasteiger partial charge >= 0.3 is 0 Å². The molecule has 0 atom stereocenters. The fraction of sp³-hybridized carbons (Fsp3) is 0.750. The van der Waals surface area contributed by atoms with Gasteiger partial charge in [-0.2, -0.15) is 0 Å². The molecule has 2 heteroatoms. The molecule has 6 heavy (non-hydrogen) atoms. The van der Waals surface area contributed by atoms with E-state index in [9.17, 15) is 0 Å². The van der Waals surface area contributed by atoms with Gasteiger partial charge in [0.2, 0.25) is 0 Å². The first-order valence-electron chi connectivity index (χ1n) is 1.64. The standard InChI is InChI=1S/C3H8O.CN/c1-3(2)4;1-2/h3-4H,1-2H3;/q;-1. The molecule has 0 amide bonds. The molecular weight excluding hydrogens is 78.1 g/mol. The van der Waals surface area contributed by atoms with E-state index in [0.29, 0.717) is 0 Å². The van der Waals surface area contributed by atoms with Gasteiger partial charge < -0.3 is 16.9 Å². The van der Waals surface area contributed by atoms with E-state index in [-0.39, 0.29) is 6.10 Å². The molecule has 0 spiro atoms. The summed E-state index contributed by atoms with van der Waals surface area (Å²) in [6.45, 7) is 8.19. The lowest BCUT2D eigenvalue weighted by Crippen LogP contribution is -1.85. The van der Waals surface area contributed by atoms with Crippen molar-refractivity contribution in [3.05, 3.63) is 6.57 Å². The molecule has 0 saturated heterocycles. The van der Waals surface area contributed by atoms with E-state index in [2.05, 4.69) is 0 Å². The molecule has 0 aromatic rings. The summed E-state index contributed by atoms with van der Waals surface area (Å²) in [4.78, 5) is 0. The van der Waals surface area contributed by atoms with Crippen LogP contribution in [-0.4, -0.2) is 11.2 Å². The van der Waals surface area contributed by atoms with E-state index in [1.165, 1.54) is 0 Å². The number of rotatable bonds is 0. The average molecular weight is 86.1 g/mol. The Morgan fingerprint density at radius 3 is 1.50 bits per heavy atom. The highest BCUT2D eigenvalue weighted by Gasteiger charge is 1.69. The van der Waals surface area contributed by atoms with Gasteiger partial charge in [0.25, 0.3) is 0 Å². The summed E-state index contributed by atoms with van der Waals surface area (Å²) in [5, 5.41) is 14.3. The molecular formula is C4H8NO-. The Labute approximate surface area is 38.0 Å². The Kier molecular flexibility index (Phi) is 13.3. The van der Waals surface area contributed by atoms with Crippen LogP contribution in [0, 0.1) is 11.8 Å². The van der Waals surface area contributed by atoms with Gasteiger partial charge in [-0.1, -0.05) is 0 Å². The highest BCUT2D eigenvalue weighted by Crippen LogP contribution is 1.65. The van der Waals surface area contributed by atoms with Crippen molar-refractivity contribution in [2.24, 2.45) is 0 Å². The van der Waals surface area contributed by atoms with Crippen molar-refractivity contribution in [3.8, 4) is 0 Å². The lowest BCUT2D eigenvalue weighted by atomic mass is 10.5. The minimum atomic E-state index is -0.167. The maximum atomic E-state index is 8.06. The molecule has 0 unspecified atom stereocenters. The van der Waals surface area contributed by atoms with Crippen LogP contribution in [0.5, 0.6) is 0 Å². The zero-order valence-electron chi connectivity index (χ0n) is 3.97. The van der Waals surface area contributed by atoms with Crippen molar-refractivity contribution < 1.29 is 5.11 Å². The molecule has 36 valence electrons. The van der Waals surface area contributed by atoms with Gasteiger partial charge in [-0.15, -0.1) is 0 Å². The van der Waals surface area contributed by atoms with Crippen molar-refractivity contribution in [2.45, 2.75) is 20.0 Å². The molecule has 0 saturated carbocycles. The van der Waals surface area contributed by atoms with E-state index in [0.717, 1.165) is 0 Å². The predicted octanol–water partition coefficient (Wildman–Crippen LogP) is 0.483. The van der Waals surface area contributed by atoms with Crippen molar-refractivity contribution in [3.63, 3.8) is 0 Å². The molecule has 0 aromatic heterocycles. The summed E-state index contributed by atoms with van der Waals surface area (Å²) >= 11 is 0. The number of hydrogen-bond acceptors (Lipinski definition) is 2. The third kappa shape index (κ3) is 68.5. The lowest BCUT2D eigenvalue weighted by molar-refractivity contribution is 0.216. The molecule has 0 aliphatic heterocycles. The Morgan fingerprint density at radius 2 is 1.50 bits per heavy atom. The SMILES string of the molecule is CC(C)O.[C-]#N. The van der Waals surface area contributed by atoms with Gasteiger partial charge in [-0.05, 0) is 13.8 Å². The Bertz CT molecular complexity index is 29.0. The van der Waals surface area contributed by atoms with Crippen LogP contribution in [0.4, 0.5) is 0 Å². The maximum Gasteiger partial charge on any atom is 0.0483 e. The molecule has 1 N–H and O–H groups in total. The van der Waals surface area contributed by atoms with E-state index < -0.39 is 0 Å². The number of aliphatic hydroxyl groups is 1. The number of hydrogen-bond donors (Lipinski definition) is 1. The van der Waals surface area contributed by atoms with Gasteiger partial charge in [0.05, 0.1) is 0 Å². The first-order chi connectivity index (χ1) is 2.73. The summed E-state index contributed by atoms with van der Waals surface area (Å²) in [6, 6.07) is 0. The van der Waals surface area contributed by atoms with Crippen LogP contribution in [0.25, 0.3) is 0 Å². The monoisotopic (exact) mass is 86.1 g/mol. The number of nitrogens with zero attached hydrogens (tertiary/aromatic N) is 1. The van der Waals surface area contributed by atoms with E-state index in [1.807, 2.05) is 0 Å². The average Bonchev–Trinajstić information content (AvgIpc) is 1.41. The van der Waals surface area contributed by atoms with Gasteiger partial charge in [0, 0.05) is 6.10 Å². The normalized spacial score (nSPS) is 6.33. The van der Waals surface area contributed by atoms with Crippen LogP contribution >= 0.6 is 0 Å². The topological polar surface area (TPSA) is 44.0 Å². The van der Waals surface area contributed by atoms with Crippen molar-refractivity contribution >= 4 is 0 Å². The Hall–Kier alpha value is -0.550. The fourth-order valence-electron chi connectivity index (χ4n) is 0. The summed E-state index contributed by atoms with van der Waals surface area (Å²) in [7, 11) is 0. The lowest BCUT2D eigenvalue weighted by Gasteiger charge is -1.80. The smallest absolute Gasteiger partial charge is 0.0483 e. The third-order valence-electron chi connectivity index (χ3n) is 0. The predicted molar refractivity (Wildman–Crippen MR) is 22.3 cm³/mol. The van der Waals surface area contributed by atoms with Crippen LogP contribution in [0.15, 0.2) is 0 Å². The second-order valence-corrected chi connectivity index (χ2v) is 1.09. The molecule has 0 aliphatic rings. The molecule has 0 bridgehead atoms. The minimum absolute atomic E-state index is 0.167. The molecule has 0 heterocycles. The molecule has 0 aromatic carbocycles. The summed E-state index contributed by atoms with van der Waals surface area (Å²) in [6.07, 6.45) is -0.167. The Balaban J connectivity index is 0. The minimum Gasteiger partial charge on any atom is -0.512 e. The van der Waals surface area contributed by atoms with Crippen molar-refractivity contribution in [1.82, 2.24) is 0 Å². The third-order valence-corrected chi connectivity index (χ3v) is 0. The van der Waals surface area contributed by atoms with Crippen LogP contribution in [0.1, 0.15) is 13.8 Å². The van der Waals surface area contributed by atoms with Crippen LogP contribution < -0.4 is 0 Å². The molecule has 2 nitrogen and oxygen atoms in total. The summed E-state index contributed by atoms with van der Waals surface area (Å²) < 4.78 is 0. The largest absolute Gasteiger partial charge is 0.512 e. The summed E-state index contributed by atoms with van der Waals surface area (Å²) in [5.41, 5.74) is 0.